The van der Waals surface area contributed by atoms with Crippen LogP contribution in [-0.4, -0.2) is 56.6 Å². The third-order valence-corrected chi connectivity index (χ3v) is 4.27. The summed E-state index contributed by atoms with van der Waals surface area (Å²) in [5.74, 6) is 1.71. The SMILES string of the molecule is CC(C)c1nc(N(C)C)nc(N2CCCC2c2ncc(C(=O)O)cn2)n1. The molecule has 2 aromatic heterocycles. The summed E-state index contributed by atoms with van der Waals surface area (Å²) in [5.41, 5.74) is 0.0791. The molecule has 0 aromatic carbocycles. The topological polar surface area (TPSA) is 108 Å². The van der Waals surface area contributed by atoms with Crippen LogP contribution in [0.1, 0.15) is 60.7 Å². The van der Waals surface area contributed by atoms with E-state index >= 15 is 0 Å². The number of carboxylic acids is 1. The van der Waals surface area contributed by atoms with E-state index in [1.807, 2.05) is 32.8 Å². The second-order valence-corrected chi connectivity index (χ2v) is 6.83. The Morgan fingerprint density at radius 3 is 2.50 bits per heavy atom. The van der Waals surface area contributed by atoms with Gasteiger partial charge in [-0.25, -0.2) is 14.8 Å². The third-order valence-electron chi connectivity index (χ3n) is 4.27. The number of anilines is 2. The molecule has 1 fully saturated rings. The molecule has 0 amide bonds. The van der Waals surface area contributed by atoms with E-state index in [9.17, 15) is 4.79 Å². The smallest absolute Gasteiger partial charge is 0.338 e. The summed E-state index contributed by atoms with van der Waals surface area (Å²) in [5, 5.41) is 9.01. The minimum Gasteiger partial charge on any atom is -0.478 e. The molecule has 3 heterocycles. The van der Waals surface area contributed by atoms with Crippen LogP contribution in [0.4, 0.5) is 11.9 Å². The molecule has 0 aliphatic carbocycles. The van der Waals surface area contributed by atoms with Crippen molar-refractivity contribution >= 4 is 17.9 Å². The van der Waals surface area contributed by atoms with E-state index in [1.54, 1.807) is 0 Å². The Kier molecular flexibility index (Phi) is 4.97. The van der Waals surface area contributed by atoms with E-state index in [1.165, 1.54) is 12.4 Å². The summed E-state index contributed by atoms with van der Waals surface area (Å²) in [7, 11) is 3.80. The van der Waals surface area contributed by atoms with Gasteiger partial charge in [0.15, 0.2) is 5.82 Å². The average molecular weight is 357 g/mol. The maximum Gasteiger partial charge on any atom is 0.338 e. The predicted octanol–water partition coefficient (Wildman–Crippen LogP) is 1.89. The second kappa shape index (κ2) is 7.19. The van der Waals surface area contributed by atoms with Crippen LogP contribution in [0.2, 0.25) is 0 Å². The molecule has 0 saturated carbocycles. The Balaban J connectivity index is 1.96. The third kappa shape index (κ3) is 3.56. The van der Waals surface area contributed by atoms with E-state index < -0.39 is 5.97 Å². The first-order valence-corrected chi connectivity index (χ1v) is 8.62. The highest BCUT2D eigenvalue weighted by Gasteiger charge is 2.31. The molecule has 9 heteroatoms. The van der Waals surface area contributed by atoms with E-state index in [0.29, 0.717) is 17.7 Å². The van der Waals surface area contributed by atoms with Crippen molar-refractivity contribution in [3.63, 3.8) is 0 Å². The molecule has 26 heavy (non-hydrogen) atoms. The first-order valence-electron chi connectivity index (χ1n) is 8.62. The van der Waals surface area contributed by atoms with Crippen molar-refractivity contribution in [1.82, 2.24) is 24.9 Å². The van der Waals surface area contributed by atoms with E-state index in [4.69, 9.17) is 5.11 Å². The van der Waals surface area contributed by atoms with Crippen LogP contribution in [0.15, 0.2) is 12.4 Å². The molecule has 9 nitrogen and oxygen atoms in total. The van der Waals surface area contributed by atoms with Crippen LogP contribution in [-0.2, 0) is 0 Å². The zero-order valence-corrected chi connectivity index (χ0v) is 15.4. The van der Waals surface area contributed by atoms with Crippen molar-refractivity contribution in [1.29, 1.82) is 0 Å². The first kappa shape index (κ1) is 18.0. The molecule has 1 unspecified atom stereocenters. The fraction of sp³-hybridized carbons (Fsp3) is 0.529. The largest absolute Gasteiger partial charge is 0.478 e. The molecule has 0 radical (unpaired) electrons. The van der Waals surface area contributed by atoms with Gasteiger partial charge in [-0.2, -0.15) is 15.0 Å². The highest BCUT2D eigenvalue weighted by Crippen LogP contribution is 2.33. The number of hydrogen-bond acceptors (Lipinski definition) is 8. The van der Waals surface area contributed by atoms with Gasteiger partial charge in [0.25, 0.3) is 0 Å². The van der Waals surface area contributed by atoms with Crippen molar-refractivity contribution in [3.05, 3.63) is 29.6 Å². The van der Waals surface area contributed by atoms with Crippen molar-refractivity contribution in [2.24, 2.45) is 0 Å². The summed E-state index contributed by atoms with van der Waals surface area (Å²) in [6.07, 6.45) is 4.53. The Morgan fingerprint density at radius 2 is 1.92 bits per heavy atom. The lowest BCUT2D eigenvalue weighted by molar-refractivity contribution is 0.0696. The molecular formula is C17H23N7O2. The molecule has 0 spiro atoms. The molecule has 1 aliphatic rings. The number of nitrogens with zero attached hydrogens (tertiary/aromatic N) is 7. The molecule has 1 atom stereocenters. The van der Waals surface area contributed by atoms with E-state index in [0.717, 1.165) is 25.2 Å². The highest BCUT2D eigenvalue weighted by atomic mass is 16.4. The van der Waals surface area contributed by atoms with E-state index in [-0.39, 0.29) is 17.5 Å². The summed E-state index contributed by atoms with van der Waals surface area (Å²) in [6, 6.07) is -0.0738. The van der Waals surface area contributed by atoms with Crippen LogP contribution < -0.4 is 9.80 Å². The minimum atomic E-state index is -1.03. The Bertz CT molecular complexity index is 766. The summed E-state index contributed by atoms with van der Waals surface area (Å²) >= 11 is 0. The van der Waals surface area contributed by atoms with Gasteiger partial charge in [-0.3, -0.25) is 0 Å². The molecule has 3 rings (SSSR count). The normalized spacial score (nSPS) is 17.0. The highest BCUT2D eigenvalue weighted by molar-refractivity contribution is 5.86. The Labute approximate surface area is 152 Å². The number of aromatic carboxylic acids is 1. The van der Waals surface area contributed by atoms with Gasteiger partial charge in [0.2, 0.25) is 11.9 Å². The standard InChI is InChI=1S/C17H23N7O2/c1-10(2)13-20-16(23(3)4)22-17(21-13)24-7-5-6-12(24)14-18-8-11(9-19-14)15(25)26/h8-10,12H,5-7H2,1-4H3,(H,25,26). The molecule has 1 aliphatic heterocycles. The number of carboxylic acid groups (broad SMARTS) is 1. The van der Waals surface area contributed by atoms with Crippen LogP contribution in [0.25, 0.3) is 0 Å². The van der Waals surface area contributed by atoms with Crippen molar-refractivity contribution in [3.8, 4) is 0 Å². The maximum atomic E-state index is 11.0. The molecule has 0 bridgehead atoms. The van der Waals surface area contributed by atoms with Gasteiger partial charge in [-0.05, 0) is 12.8 Å². The fourth-order valence-electron chi connectivity index (χ4n) is 2.85. The van der Waals surface area contributed by atoms with Gasteiger partial charge in [0.1, 0.15) is 5.82 Å². The summed E-state index contributed by atoms with van der Waals surface area (Å²) in [6.45, 7) is 4.89. The quantitative estimate of drug-likeness (QED) is 0.858. The summed E-state index contributed by atoms with van der Waals surface area (Å²) in [4.78, 5) is 37.2. The number of aromatic nitrogens is 5. The lowest BCUT2D eigenvalue weighted by atomic mass is 10.2. The van der Waals surface area contributed by atoms with Crippen molar-refractivity contribution in [2.45, 2.75) is 38.6 Å². The van der Waals surface area contributed by atoms with Crippen LogP contribution >= 0.6 is 0 Å². The molecular weight excluding hydrogens is 334 g/mol. The maximum absolute atomic E-state index is 11.0. The molecule has 1 saturated heterocycles. The first-order chi connectivity index (χ1) is 12.4. The predicted molar refractivity (Wildman–Crippen MR) is 96.6 cm³/mol. The van der Waals surface area contributed by atoms with Crippen LogP contribution in [0.5, 0.6) is 0 Å². The van der Waals surface area contributed by atoms with Gasteiger partial charge in [0, 0.05) is 39.0 Å². The van der Waals surface area contributed by atoms with Gasteiger partial charge in [-0.1, -0.05) is 13.8 Å². The average Bonchev–Trinajstić information content (AvgIpc) is 3.11. The van der Waals surface area contributed by atoms with Gasteiger partial charge < -0.3 is 14.9 Å². The van der Waals surface area contributed by atoms with E-state index in [2.05, 4.69) is 29.8 Å². The Hall–Kier alpha value is -2.84. The minimum absolute atomic E-state index is 0.0738. The van der Waals surface area contributed by atoms with Crippen LogP contribution in [0.3, 0.4) is 0 Å². The van der Waals surface area contributed by atoms with Crippen molar-refractivity contribution < 1.29 is 9.90 Å². The number of carbonyl (C=O) groups is 1. The number of hydrogen-bond donors (Lipinski definition) is 1. The monoisotopic (exact) mass is 357 g/mol. The second-order valence-electron chi connectivity index (χ2n) is 6.83. The molecule has 138 valence electrons. The summed E-state index contributed by atoms with van der Waals surface area (Å²) < 4.78 is 0. The molecule has 1 N–H and O–H groups in total. The van der Waals surface area contributed by atoms with Gasteiger partial charge in [-0.15, -0.1) is 0 Å². The van der Waals surface area contributed by atoms with Crippen molar-refractivity contribution in [2.75, 3.05) is 30.4 Å². The lowest BCUT2D eigenvalue weighted by Gasteiger charge is -2.25. The fourth-order valence-corrected chi connectivity index (χ4v) is 2.85. The van der Waals surface area contributed by atoms with Gasteiger partial charge >= 0.3 is 5.97 Å². The molecule has 2 aromatic rings. The lowest BCUT2D eigenvalue weighted by Crippen LogP contribution is -2.28. The zero-order chi connectivity index (χ0) is 18.8. The van der Waals surface area contributed by atoms with Crippen LogP contribution in [0, 0.1) is 0 Å². The van der Waals surface area contributed by atoms with Gasteiger partial charge in [0.05, 0.1) is 11.6 Å². The zero-order valence-electron chi connectivity index (χ0n) is 15.4. The number of rotatable bonds is 5. The Morgan fingerprint density at radius 1 is 1.23 bits per heavy atom.